The van der Waals surface area contributed by atoms with Crippen LogP contribution in [0, 0.1) is 6.92 Å². The van der Waals surface area contributed by atoms with E-state index in [9.17, 15) is 9.90 Å². The zero-order valence-corrected chi connectivity index (χ0v) is 18.6. The van der Waals surface area contributed by atoms with Crippen molar-refractivity contribution in [3.05, 3.63) is 58.8 Å². The van der Waals surface area contributed by atoms with Crippen molar-refractivity contribution in [2.45, 2.75) is 50.2 Å². The average Bonchev–Trinajstić information content (AvgIpc) is 3.04. The molecule has 4 rings (SSSR count). The highest BCUT2D eigenvalue weighted by molar-refractivity contribution is 7.98. The number of ether oxygens (including phenoxy) is 1. The molecule has 2 aromatic carbocycles. The monoisotopic (exact) mass is 425 g/mol. The van der Waals surface area contributed by atoms with Crippen LogP contribution in [0.25, 0.3) is 11.0 Å². The van der Waals surface area contributed by atoms with Crippen LogP contribution in [0.3, 0.4) is 0 Å². The van der Waals surface area contributed by atoms with E-state index >= 15 is 0 Å². The first-order chi connectivity index (χ1) is 14.3. The van der Waals surface area contributed by atoms with E-state index in [1.165, 1.54) is 10.5 Å². The van der Waals surface area contributed by atoms with Crippen molar-refractivity contribution < 1.29 is 19.1 Å². The molecule has 0 bridgehead atoms. The topological polar surface area (TPSA) is 71.7 Å². The molecule has 5 nitrogen and oxygen atoms in total. The Morgan fingerprint density at radius 3 is 2.67 bits per heavy atom. The number of aryl methyl sites for hydroxylation is 1. The quantitative estimate of drug-likeness (QED) is 0.561. The number of furan rings is 1. The van der Waals surface area contributed by atoms with E-state index in [1.807, 2.05) is 33.1 Å². The summed E-state index contributed by atoms with van der Waals surface area (Å²) in [6, 6.07) is 12.0. The third kappa shape index (κ3) is 3.94. The molecule has 1 aliphatic rings. The molecule has 1 aromatic heterocycles. The molecule has 0 saturated heterocycles. The normalized spacial score (nSPS) is 17.4. The fourth-order valence-electron chi connectivity index (χ4n) is 4.09. The van der Waals surface area contributed by atoms with Gasteiger partial charge in [-0.3, -0.25) is 4.79 Å². The molecule has 0 saturated carbocycles. The second-order valence-electron chi connectivity index (χ2n) is 8.34. The average molecular weight is 426 g/mol. The predicted octanol–water partition coefficient (Wildman–Crippen LogP) is 5.03. The molecular formula is C24H27NO4S. The first kappa shape index (κ1) is 20.8. The SMILES string of the molecule is CSc1ccc(CCNC(=O)c2oc3ccc4c(c3c2C)[C@@H](O)CC(C)(C)O4)cc1. The Balaban J connectivity index is 1.53. The van der Waals surface area contributed by atoms with Crippen molar-refractivity contribution in [3.8, 4) is 5.75 Å². The lowest BCUT2D eigenvalue weighted by Gasteiger charge is -2.35. The fraction of sp³-hybridized carbons (Fsp3) is 0.375. The van der Waals surface area contributed by atoms with Crippen molar-refractivity contribution in [1.82, 2.24) is 5.32 Å². The zero-order valence-electron chi connectivity index (χ0n) is 17.7. The van der Waals surface area contributed by atoms with E-state index in [0.717, 1.165) is 17.4 Å². The second-order valence-corrected chi connectivity index (χ2v) is 9.22. The zero-order chi connectivity index (χ0) is 21.5. The van der Waals surface area contributed by atoms with E-state index in [0.29, 0.717) is 29.9 Å². The molecule has 0 spiro atoms. The van der Waals surface area contributed by atoms with E-state index < -0.39 is 11.7 Å². The number of benzene rings is 2. The molecular weight excluding hydrogens is 398 g/mol. The summed E-state index contributed by atoms with van der Waals surface area (Å²) in [6.07, 6.45) is 2.62. The number of amides is 1. The van der Waals surface area contributed by atoms with Crippen LogP contribution in [0.1, 0.15) is 53.6 Å². The Hall–Kier alpha value is -2.44. The van der Waals surface area contributed by atoms with Crippen LogP contribution in [0.5, 0.6) is 5.75 Å². The Morgan fingerprint density at radius 1 is 1.23 bits per heavy atom. The van der Waals surface area contributed by atoms with Crippen LogP contribution >= 0.6 is 11.8 Å². The van der Waals surface area contributed by atoms with Gasteiger partial charge in [0.05, 0.1) is 6.10 Å². The van der Waals surface area contributed by atoms with Crippen LogP contribution in [0.4, 0.5) is 0 Å². The number of fused-ring (bicyclic) bond motifs is 3. The molecule has 30 heavy (non-hydrogen) atoms. The van der Waals surface area contributed by atoms with Crippen molar-refractivity contribution >= 4 is 28.6 Å². The summed E-state index contributed by atoms with van der Waals surface area (Å²) < 4.78 is 11.9. The number of carbonyl (C=O) groups excluding carboxylic acids is 1. The minimum absolute atomic E-state index is 0.246. The van der Waals surface area contributed by atoms with Gasteiger partial charge in [-0.1, -0.05) is 12.1 Å². The van der Waals surface area contributed by atoms with Crippen LogP contribution in [0.2, 0.25) is 0 Å². The van der Waals surface area contributed by atoms with Gasteiger partial charge in [-0.15, -0.1) is 11.8 Å². The van der Waals surface area contributed by atoms with E-state index in [4.69, 9.17) is 9.15 Å². The standard InChI is InChI=1S/C24H27NO4S/c1-14-20-18(9-10-19-21(20)17(26)13-24(2,3)29-19)28-22(14)23(27)25-12-11-15-5-7-16(30-4)8-6-15/h5-10,17,26H,11-13H2,1-4H3,(H,25,27)/t17-/m0/s1. The lowest BCUT2D eigenvalue weighted by atomic mass is 9.89. The molecule has 0 fully saturated rings. The number of aliphatic hydroxyl groups excluding tert-OH is 1. The molecule has 1 amide bonds. The highest BCUT2D eigenvalue weighted by Crippen LogP contribution is 2.45. The first-order valence-corrected chi connectivity index (χ1v) is 11.4. The molecule has 1 aliphatic heterocycles. The van der Waals surface area contributed by atoms with Gasteiger partial charge in [0, 0.05) is 34.4 Å². The van der Waals surface area contributed by atoms with Crippen LogP contribution < -0.4 is 10.1 Å². The molecule has 3 aromatic rings. The smallest absolute Gasteiger partial charge is 0.287 e. The predicted molar refractivity (Wildman–Crippen MR) is 119 cm³/mol. The lowest BCUT2D eigenvalue weighted by molar-refractivity contribution is 0.0126. The largest absolute Gasteiger partial charge is 0.487 e. The van der Waals surface area contributed by atoms with Gasteiger partial charge in [0.1, 0.15) is 16.9 Å². The summed E-state index contributed by atoms with van der Waals surface area (Å²) in [6.45, 7) is 6.29. The maximum atomic E-state index is 12.8. The molecule has 1 atom stereocenters. The number of aliphatic hydroxyl groups is 1. The Bertz CT molecular complexity index is 1080. The Labute approximate surface area is 180 Å². The number of rotatable bonds is 5. The minimum atomic E-state index is -0.663. The fourth-order valence-corrected chi connectivity index (χ4v) is 4.50. The van der Waals surface area contributed by atoms with Gasteiger partial charge in [0.15, 0.2) is 5.76 Å². The second kappa shape index (κ2) is 8.00. The Morgan fingerprint density at radius 2 is 1.97 bits per heavy atom. The van der Waals surface area contributed by atoms with Gasteiger partial charge in [-0.05, 0) is 63.3 Å². The first-order valence-electron chi connectivity index (χ1n) is 10.1. The third-order valence-electron chi connectivity index (χ3n) is 5.56. The molecule has 0 aliphatic carbocycles. The van der Waals surface area contributed by atoms with Crippen LogP contribution in [-0.4, -0.2) is 29.4 Å². The number of thioether (sulfide) groups is 1. The van der Waals surface area contributed by atoms with E-state index in [-0.39, 0.29) is 11.7 Å². The number of nitrogens with one attached hydrogen (secondary N) is 1. The van der Waals surface area contributed by atoms with Gasteiger partial charge in [0.25, 0.3) is 5.91 Å². The minimum Gasteiger partial charge on any atom is -0.487 e. The summed E-state index contributed by atoms with van der Waals surface area (Å²) in [7, 11) is 0. The summed E-state index contributed by atoms with van der Waals surface area (Å²) in [4.78, 5) is 14.0. The molecule has 2 N–H and O–H groups in total. The van der Waals surface area contributed by atoms with E-state index in [2.05, 4.69) is 29.6 Å². The van der Waals surface area contributed by atoms with Crippen molar-refractivity contribution in [2.75, 3.05) is 12.8 Å². The number of carbonyl (C=O) groups is 1. The highest BCUT2D eigenvalue weighted by Gasteiger charge is 2.35. The summed E-state index contributed by atoms with van der Waals surface area (Å²) >= 11 is 1.71. The van der Waals surface area contributed by atoms with Gasteiger partial charge in [0.2, 0.25) is 0 Å². The van der Waals surface area contributed by atoms with Crippen LogP contribution in [0.15, 0.2) is 45.7 Å². The molecule has 6 heteroatoms. The van der Waals surface area contributed by atoms with Crippen molar-refractivity contribution in [2.24, 2.45) is 0 Å². The molecule has 0 radical (unpaired) electrons. The van der Waals surface area contributed by atoms with Gasteiger partial charge >= 0.3 is 0 Å². The molecule has 2 heterocycles. The Kier molecular flexibility index (Phi) is 5.55. The van der Waals surface area contributed by atoms with Crippen molar-refractivity contribution in [1.29, 1.82) is 0 Å². The summed E-state index contributed by atoms with van der Waals surface area (Å²) in [5.74, 6) is 0.689. The molecule has 158 valence electrons. The highest BCUT2D eigenvalue weighted by atomic mass is 32.2. The maximum absolute atomic E-state index is 12.8. The summed E-state index contributed by atoms with van der Waals surface area (Å²) in [5.41, 5.74) is 2.76. The van der Waals surface area contributed by atoms with Gasteiger partial charge in [-0.25, -0.2) is 0 Å². The van der Waals surface area contributed by atoms with Crippen LogP contribution in [-0.2, 0) is 6.42 Å². The van der Waals surface area contributed by atoms with Gasteiger partial charge < -0.3 is 19.6 Å². The maximum Gasteiger partial charge on any atom is 0.287 e. The number of hydrogen-bond acceptors (Lipinski definition) is 5. The van der Waals surface area contributed by atoms with Gasteiger partial charge in [-0.2, -0.15) is 0 Å². The molecule has 0 unspecified atom stereocenters. The van der Waals surface area contributed by atoms with E-state index in [1.54, 1.807) is 17.8 Å². The lowest BCUT2D eigenvalue weighted by Crippen LogP contribution is -2.34. The van der Waals surface area contributed by atoms with Crippen molar-refractivity contribution in [3.63, 3.8) is 0 Å². The third-order valence-corrected chi connectivity index (χ3v) is 6.31. The summed E-state index contributed by atoms with van der Waals surface area (Å²) in [5, 5.41) is 14.5. The number of hydrogen-bond donors (Lipinski definition) is 2.